The lowest BCUT2D eigenvalue weighted by molar-refractivity contribution is -0.145. The average Bonchev–Trinajstić information content (AvgIpc) is 1.67. The minimum Gasteiger partial charge on any atom is -0.461 e. The summed E-state index contributed by atoms with van der Waals surface area (Å²) in [5.41, 5.74) is 36.0. The highest BCUT2D eigenvalue weighted by molar-refractivity contribution is 6.07. The van der Waals surface area contributed by atoms with Gasteiger partial charge in [0.05, 0.1) is 22.7 Å². The molecule has 0 radical (unpaired) electrons. The number of H-pyrrole nitrogens is 2. The van der Waals surface area contributed by atoms with E-state index < -0.39 is 11.8 Å². The largest absolute Gasteiger partial charge is 0.461 e. The number of hydrogen-bond donors (Lipinski definition) is 15. The summed E-state index contributed by atoms with van der Waals surface area (Å²) >= 11 is 0. The number of ether oxygens (including phenoxy) is 1. The number of aryl methyl sites for hydroxylation is 6. The molecule has 0 saturated heterocycles. The Labute approximate surface area is 872 Å². The molecule has 778 valence electrons. The van der Waals surface area contributed by atoms with Crippen molar-refractivity contribution in [2.75, 3.05) is 71.9 Å². The van der Waals surface area contributed by atoms with E-state index in [2.05, 4.69) is 115 Å². The van der Waals surface area contributed by atoms with Crippen LogP contribution in [0.2, 0.25) is 0 Å². The van der Waals surface area contributed by atoms with E-state index in [1.54, 1.807) is 121 Å². The van der Waals surface area contributed by atoms with Crippen molar-refractivity contribution in [3.8, 4) is 0 Å². The van der Waals surface area contributed by atoms with Crippen LogP contribution in [0.5, 0.6) is 0 Å². The molecule has 149 heavy (non-hydrogen) atoms. The topological polar surface area (TPSA) is 437 Å². The molecule has 0 spiro atoms. The quantitative estimate of drug-likeness (QED) is 0.00421. The molecule has 1 unspecified atom stereocenters. The third-order valence-corrected chi connectivity index (χ3v) is 24.4. The van der Waals surface area contributed by atoms with E-state index in [0.717, 1.165) is 153 Å². The second kappa shape index (κ2) is 64.9. The van der Waals surface area contributed by atoms with Gasteiger partial charge in [-0.05, 0) is 275 Å². The maximum absolute atomic E-state index is 12.4. The first kappa shape index (κ1) is 116. The second-order valence-corrected chi connectivity index (χ2v) is 36.1. The van der Waals surface area contributed by atoms with Crippen molar-refractivity contribution in [1.29, 1.82) is 0 Å². The first-order valence-corrected chi connectivity index (χ1v) is 50.4. The number of hydrogen-bond acceptors (Lipinski definition) is 18. The van der Waals surface area contributed by atoms with Gasteiger partial charge in [-0.3, -0.25) is 63.3 Å². The highest BCUT2D eigenvalue weighted by atomic mass is 16.5. The number of para-hydroxylation sites is 7. The number of pyridine rings is 1. The number of benzene rings is 11. The van der Waals surface area contributed by atoms with E-state index in [1.807, 2.05) is 178 Å². The Kier molecular flexibility index (Phi) is 50.5. The van der Waals surface area contributed by atoms with Crippen molar-refractivity contribution >= 4 is 133 Å². The van der Waals surface area contributed by atoms with Crippen LogP contribution in [0.3, 0.4) is 0 Å². The summed E-state index contributed by atoms with van der Waals surface area (Å²) in [6.45, 7) is 6.62. The fraction of sp³-hybridized carbons (Fsp3) is 0.264. The number of fused-ring (bicyclic) bond motifs is 2. The molecule has 28 nitrogen and oxygen atoms in total. The minimum atomic E-state index is -0.552. The van der Waals surface area contributed by atoms with E-state index in [9.17, 15) is 53.1 Å². The maximum atomic E-state index is 12.4. The van der Waals surface area contributed by atoms with Gasteiger partial charge in [-0.15, -0.1) is 0 Å². The number of nitrogen functional groups attached to an aromatic ring is 2. The predicted octanol–water partition coefficient (Wildman–Crippen LogP) is 21.8. The molecule has 8 amide bonds. The fourth-order valence-corrected chi connectivity index (χ4v) is 16.0. The van der Waals surface area contributed by atoms with Gasteiger partial charge in [-0.25, -0.2) is 11.0 Å². The van der Waals surface area contributed by atoms with E-state index in [-0.39, 0.29) is 66.8 Å². The van der Waals surface area contributed by atoms with E-state index in [4.69, 9.17) is 26.6 Å². The second-order valence-electron chi connectivity index (χ2n) is 36.1. The van der Waals surface area contributed by atoms with Crippen molar-refractivity contribution in [3.63, 3.8) is 0 Å². The van der Waals surface area contributed by atoms with Crippen LogP contribution in [-0.4, -0.2) is 124 Å². The van der Waals surface area contributed by atoms with Crippen LogP contribution in [0, 0.1) is 19.8 Å². The lowest BCUT2D eigenvalue weighted by Gasteiger charge is -2.16. The maximum Gasteiger partial charge on any atom is 0.306 e. The van der Waals surface area contributed by atoms with Crippen LogP contribution >= 0.6 is 0 Å². The standard InChI is InChI=1S/C23H22N2O3.C23H26N2O3.C22H24N2O2.C21H26N2O2.C17H27N3O2.C15H15N3O2/c1-17-5-2-3-7-21(17)25-23(27)20-11-8-18(9-12-20)10-13-22(26)28-16-19-6-4-14-24-15-19;26-14-13-19(9-11-20-16-24-22-4-2-1-3-21(20)22)15-18-7-5-17(6-8-18)10-12-23(27)25-28;1-16-19(20-8-4-5-9-21(20)23-16)7-3-2-6-17-10-12-18(13-11-17)14-15-22(25)24-26;22-19-13-8-9-14-20(19)23-21(25)15-7-2-1-6-12-18(24)16-17-10-4-3-5-11-17;1-18-16(21)8-6-4-5-7-13-19-17(22)14-9-11-15(12-10-14)20(2)3;1-10(19)17-12-8-6-11(7-9-12)15(20)18-14-5-3-2-4-13(14)16/h2-9,11-12,14-15H,10,13,16H2,1H3,(H,25,27);1-8,10,12,16,19,24,26,28H,9,11,13-15H2,(H,25,27);4-5,8-15,23,26H,2-3,6-7H2,1H3,(H,24,25);3-5,8-11,13-14H,1-2,6-7,12,15-16,22H2,(H,23,25);9-12H,4-8,13H2,1-3H3,(H,18,21)(H,19,22);2-9H,16H2,1H3,(H,17,19)(H,18,20)/b;12-10+;15-14+;;;. The number of carbonyl (C=O) groups is 10. The fourth-order valence-electron chi connectivity index (χ4n) is 16.0. The first-order chi connectivity index (χ1) is 72.2. The number of nitrogens with zero attached hydrogens (tertiary/aromatic N) is 2. The van der Waals surface area contributed by atoms with Gasteiger partial charge in [0, 0.05) is 171 Å². The number of unbranched alkanes of at least 4 members (excludes halogenated alkanes) is 7. The number of amides is 8. The van der Waals surface area contributed by atoms with Gasteiger partial charge >= 0.3 is 5.97 Å². The smallest absolute Gasteiger partial charge is 0.306 e. The number of nitrogens with two attached hydrogens (primary N) is 2. The van der Waals surface area contributed by atoms with Gasteiger partial charge in [0.1, 0.15) is 12.4 Å². The number of aliphatic hydroxyl groups is 1. The Bertz CT molecular complexity index is 6590. The third kappa shape index (κ3) is 43.3. The predicted molar refractivity (Wildman–Crippen MR) is 596 cm³/mol. The minimum absolute atomic E-state index is 0.0157. The summed E-state index contributed by atoms with van der Waals surface area (Å²) < 4.78 is 5.25. The van der Waals surface area contributed by atoms with Crippen molar-refractivity contribution in [1.82, 2.24) is 36.5 Å². The van der Waals surface area contributed by atoms with Crippen molar-refractivity contribution in [2.24, 2.45) is 5.92 Å². The number of aliphatic hydroxyl groups excluding tert-OH is 1. The number of nitrogens with one attached hydrogen (secondary N) is 10. The van der Waals surface area contributed by atoms with Gasteiger partial charge in [0.15, 0.2) is 0 Å². The van der Waals surface area contributed by atoms with E-state index in [1.165, 1.54) is 63.3 Å². The zero-order valence-corrected chi connectivity index (χ0v) is 85.8. The zero-order chi connectivity index (χ0) is 107. The molecular weight excluding hydrogens is 1870 g/mol. The number of esters is 1. The summed E-state index contributed by atoms with van der Waals surface area (Å²) in [5.74, 6) is -1.17. The molecule has 3 aromatic heterocycles. The van der Waals surface area contributed by atoms with Crippen LogP contribution in [-0.2, 0) is 83.4 Å². The Morgan fingerprint density at radius 2 is 0.966 bits per heavy atom. The monoisotopic (exact) mass is 2010 g/mol. The Balaban J connectivity index is 0.000000199. The summed E-state index contributed by atoms with van der Waals surface area (Å²) in [6, 6.07) is 89.8. The van der Waals surface area contributed by atoms with E-state index >= 15 is 0 Å². The van der Waals surface area contributed by atoms with Gasteiger partial charge < -0.3 is 68.1 Å². The normalized spacial score (nSPS) is 10.8. The molecule has 0 saturated carbocycles. The van der Waals surface area contributed by atoms with Crippen molar-refractivity contribution in [2.45, 2.75) is 169 Å². The Hall–Kier alpha value is -16.7. The molecule has 28 heteroatoms. The average molecular weight is 2010 g/mol. The van der Waals surface area contributed by atoms with Crippen molar-refractivity contribution in [3.05, 3.63) is 394 Å². The molecule has 0 aliphatic heterocycles. The first-order valence-electron chi connectivity index (χ1n) is 50.4. The summed E-state index contributed by atoms with van der Waals surface area (Å²) in [5, 5.41) is 45.7. The lowest BCUT2D eigenvalue weighted by atomic mass is 9.90. The number of rotatable bonds is 45. The molecule has 0 aliphatic carbocycles. The van der Waals surface area contributed by atoms with Gasteiger partial charge in [0.25, 0.3) is 29.5 Å². The molecule has 1 atom stereocenters. The number of Topliss-reactive ketones (excluding diaryl/α,β-unsaturated/α-hetero) is 1. The van der Waals surface area contributed by atoms with Crippen LogP contribution in [0.1, 0.15) is 202 Å². The van der Waals surface area contributed by atoms with Crippen LogP contribution in [0.15, 0.2) is 316 Å². The zero-order valence-electron chi connectivity index (χ0n) is 85.8. The summed E-state index contributed by atoms with van der Waals surface area (Å²) in [4.78, 5) is 129. The SMILES string of the molecule is CC(=O)Nc1ccc(C(=O)Nc2ccccc2N)cc1.CNC(=O)CCCCCCNC(=O)c1ccc(N(C)C)cc1.Cc1[nH]c2ccccc2c1CCCCc1ccc(/C=C/C(=O)NO)cc1.Cc1ccccc1NC(=O)c1ccc(CCC(=O)OCc2cccnc2)cc1.Nc1ccccc1NC(=O)CCCCCCC(=O)Cc1ccccc1.O=C(/C=C/c1ccc(CC(CCO)CCc2c[nH]c3ccccc23)cc1)NO. The molecular formula is C121H140N14O14. The molecule has 14 rings (SSSR count). The van der Waals surface area contributed by atoms with Crippen LogP contribution in [0.25, 0.3) is 34.0 Å². The molecule has 0 fully saturated rings. The Morgan fingerprint density at radius 3 is 1.56 bits per heavy atom. The molecule has 14 aromatic rings. The van der Waals surface area contributed by atoms with Gasteiger partial charge in [-0.2, -0.15) is 0 Å². The Morgan fingerprint density at radius 1 is 0.456 bits per heavy atom. The van der Waals surface area contributed by atoms with Gasteiger partial charge in [0.2, 0.25) is 17.7 Å². The van der Waals surface area contributed by atoms with Crippen molar-refractivity contribution < 1.29 is 68.2 Å². The summed E-state index contributed by atoms with van der Waals surface area (Å²) in [7, 11) is 5.60. The number of carbonyl (C=O) groups excluding carboxylic acids is 10. The molecule has 11 aromatic carbocycles. The number of anilines is 7. The molecule has 3 heterocycles. The third-order valence-electron chi connectivity index (χ3n) is 24.4. The van der Waals surface area contributed by atoms with Crippen LogP contribution in [0.4, 0.5) is 39.8 Å². The van der Waals surface area contributed by atoms with Crippen LogP contribution < -0.4 is 59.2 Å². The number of aromatic amines is 2. The highest BCUT2D eigenvalue weighted by Gasteiger charge is 2.18. The number of aromatic nitrogens is 3. The molecule has 0 bridgehead atoms. The summed E-state index contributed by atoms with van der Waals surface area (Å²) in [6.07, 6.45) is 30.0. The molecule has 17 N–H and O–H groups in total. The lowest BCUT2D eigenvalue weighted by Crippen LogP contribution is -2.24. The molecule has 0 aliphatic rings. The van der Waals surface area contributed by atoms with Gasteiger partial charge in [-0.1, -0.05) is 202 Å². The number of ketones is 1. The van der Waals surface area contributed by atoms with E-state index in [0.29, 0.717) is 89.7 Å². The highest BCUT2D eigenvalue weighted by Crippen LogP contribution is 2.29. The number of hydroxylamine groups is 2.